The van der Waals surface area contributed by atoms with E-state index in [1.54, 1.807) is 12.1 Å². The SMILES string of the molecule is CCC[C@@H](N)C(=O)Nc1cccc(S(=O)(=O)NC)c1. The summed E-state index contributed by atoms with van der Waals surface area (Å²) in [6, 6.07) is 5.43. The topological polar surface area (TPSA) is 101 Å². The van der Waals surface area contributed by atoms with Crippen LogP contribution in [0.5, 0.6) is 0 Å². The molecule has 4 N–H and O–H groups in total. The van der Waals surface area contributed by atoms with E-state index in [1.807, 2.05) is 6.92 Å². The number of rotatable bonds is 6. The van der Waals surface area contributed by atoms with Gasteiger partial charge in [0, 0.05) is 5.69 Å². The van der Waals surface area contributed by atoms with Crippen LogP contribution in [0.2, 0.25) is 0 Å². The van der Waals surface area contributed by atoms with E-state index in [-0.39, 0.29) is 10.8 Å². The molecule has 1 amide bonds. The highest BCUT2D eigenvalue weighted by Gasteiger charge is 2.15. The molecule has 0 fully saturated rings. The van der Waals surface area contributed by atoms with Crippen molar-refractivity contribution in [2.45, 2.75) is 30.7 Å². The average Bonchev–Trinajstić information content (AvgIpc) is 2.39. The van der Waals surface area contributed by atoms with Crippen molar-refractivity contribution in [2.75, 3.05) is 12.4 Å². The molecule has 0 heterocycles. The van der Waals surface area contributed by atoms with Gasteiger partial charge in [0.15, 0.2) is 0 Å². The highest BCUT2D eigenvalue weighted by atomic mass is 32.2. The van der Waals surface area contributed by atoms with Crippen LogP contribution in [0.4, 0.5) is 5.69 Å². The lowest BCUT2D eigenvalue weighted by molar-refractivity contribution is -0.117. The van der Waals surface area contributed by atoms with Crippen LogP contribution in [0.3, 0.4) is 0 Å². The molecule has 0 aliphatic carbocycles. The Balaban J connectivity index is 2.87. The third kappa shape index (κ3) is 4.30. The number of hydrogen-bond acceptors (Lipinski definition) is 4. The van der Waals surface area contributed by atoms with E-state index in [4.69, 9.17) is 5.73 Å². The molecule has 1 aromatic rings. The van der Waals surface area contributed by atoms with Crippen LogP contribution in [-0.2, 0) is 14.8 Å². The Kier molecular flexibility index (Phi) is 5.46. The normalized spacial score (nSPS) is 13.0. The number of amides is 1. The van der Waals surface area contributed by atoms with Gasteiger partial charge in [-0.25, -0.2) is 13.1 Å². The number of nitrogens with two attached hydrogens (primary N) is 1. The van der Waals surface area contributed by atoms with Gasteiger partial charge >= 0.3 is 0 Å². The fourth-order valence-corrected chi connectivity index (χ4v) is 2.31. The van der Waals surface area contributed by atoms with Gasteiger partial charge in [0.25, 0.3) is 0 Å². The van der Waals surface area contributed by atoms with Crippen molar-refractivity contribution < 1.29 is 13.2 Å². The lowest BCUT2D eigenvalue weighted by Crippen LogP contribution is -2.35. The van der Waals surface area contributed by atoms with E-state index < -0.39 is 16.1 Å². The minimum Gasteiger partial charge on any atom is -0.325 e. The quantitative estimate of drug-likeness (QED) is 0.714. The first-order chi connectivity index (χ1) is 8.90. The predicted octanol–water partition coefficient (Wildman–Crippen LogP) is 0.661. The second kappa shape index (κ2) is 6.65. The third-order valence-electron chi connectivity index (χ3n) is 2.62. The molecule has 1 rings (SSSR count). The van der Waals surface area contributed by atoms with Gasteiger partial charge < -0.3 is 11.1 Å². The fraction of sp³-hybridized carbons (Fsp3) is 0.417. The first kappa shape index (κ1) is 15.6. The van der Waals surface area contributed by atoms with Gasteiger partial charge in [-0.2, -0.15) is 0 Å². The molecule has 0 saturated heterocycles. The van der Waals surface area contributed by atoms with Gasteiger partial charge in [-0.1, -0.05) is 19.4 Å². The molecule has 0 aliphatic heterocycles. The summed E-state index contributed by atoms with van der Waals surface area (Å²) >= 11 is 0. The zero-order valence-electron chi connectivity index (χ0n) is 11.0. The maximum absolute atomic E-state index is 11.7. The molecule has 0 aromatic heterocycles. The van der Waals surface area contributed by atoms with E-state index in [0.29, 0.717) is 12.1 Å². The van der Waals surface area contributed by atoms with Crippen molar-refractivity contribution in [1.82, 2.24) is 4.72 Å². The lowest BCUT2D eigenvalue weighted by Gasteiger charge is -2.12. The molecule has 1 aromatic carbocycles. The van der Waals surface area contributed by atoms with Crippen LogP contribution in [0.15, 0.2) is 29.2 Å². The van der Waals surface area contributed by atoms with Crippen LogP contribution in [0, 0.1) is 0 Å². The number of anilines is 1. The zero-order valence-corrected chi connectivity index (χ0v) is 11.8. The van der Waals surface area contributed by atoms with E-state index in [1.165, 1.54) is 19.2 Å². The Hall–Kier alpha value is -1.44. The minimum absolute atomic E-state index is 0.0943. The molecule has 0 spiro atoms. The molecule has 7 heteroatoms. The standard InChI is InChI=1S/C12H19N3O3S/c1-3-5-11(13)12(16)15-9-6-4-7-10(8-9)19(17,18)14-2/h4,6-8,11,14H,3,5,13H2,1-2H3,(H,15,16)/t11-/m1/s1. The number of carbonyl (C=O) groups is 1. The third-order valence-corrected chi connectivity index (χ3v) is 4.03. The van der Waals surface area contributed by atoms with Crippen LogP contribution in [0.1, 0.15) is 19.8 Å². The number of hydrogen-bond donors (Lipinski definition) is 3. The van der Waals surface area contributed by atoms with E-state index in [9.17, 15) is 13.2 Å². The summed E-state index contributed by atoms with van der Waals surface area (Å²) in [6.07, 6.45) is 1.39. The molecule has 106 valence electrons. The highest BCUT2D eigenvalue weighted by molar-refractivity contribution is 7.89. The van der Waals surface area contributed by atoms with Gasteiger partial charge in [-0.3, -0.25) is 4.79 Å². The van der Waals surface area contributed by atoms with E-state index in [2.05, 4.69) is 10.0 Å². The Morgan fingerprint density at radius 2 is 2.11 bits per heavy atom. The van der Waals surface area contributed by atoms with Gasteiger partial charge in [-0.05, 0) is 31.7 Å². The minimum atomic E-state index is -3.52. The molecule has 19 heavy (non-hydrogen) atoms. The van der Waals surface area contributed by atoms with Crippen molar-refractivity contribution in [1.29, 1.82) is 0 Å². The Bertz CT molecular complexity index is 543. The van der Waals surface area contributed by atoms with E-state index >= 15 is 0 Å². The smallest absolute Gasteiger partial charge is 0.241 e. The summed E-state index contributed by atoms with van der Waals surface area (Å²) < 4.78 is 25.5. The van der Waals surface area contributed by atoms with Crippen molar-refractivity contribution in [3.63, 3.8) is 0 Å². The molecular formula is C12H19N3O3S. The van der Waals surface area contributed by atoms with Crippen LogP contribution >= 0.6 is 0 Å². The summed E-state index contributed by atoms with van der Waals surface area (Å²) in [4.78, 5) is 11.8. The Morgan fingerprint density at radius 1 is 1.42 bits per heavy atom. The number of carbonyl (C=O) groups excluding carboxylic acids is 1. The zero-order chi connectivity index (χ0) is 14.5. The summed E-state index contributed by atoms with van der Waals surface area (Å²) in [5.74, 6) is -0.319. The van der Waals surface area contributed by atoms with Gasteiger partial charge in [0.2, 0.25) is 15.9 Å². The van der Waals surface area contributed by atoms with Crippen LogP contribution in [-0.4, -0.2) is 27.4 Å². The second-order valence-corrected chi connectivity index (χ2v) is 6.01. The van der Waals surface area contributed by atoms with Crippen LogP contribution < -0.4 is 15.8 Å². The van der Waals surface area contributed by atoms with Crippen molar-refractivity contribution >= 4 is 21.6 Å². The van der Waals surface area contributed by atoms with Gasteiger partial charge in [-0.15, -0.1) is 0 Å². The molecule has 0 unspecified atom stereocenters. The van der Waals surface area contributed by atoms with Crippen molar-refractivity contribution in [3.05, 3.63) is 24.3 Å². The molecule has 0 bridgehead atoms. The summed E-state index contributed by atoms with van der Waals surface area (Å²) in [7, 11) is -2.19. The van der Waals surface area contributed by atoms with Crippen molar-refractivity contribution in [2.24, 2.45) is 5.73 Å². The molecule has 0 saturated carbocycles. The van der Waals surface area contributed by atoms with Crippen molar-refractivity contribution in [3.8, 4) is 0 Å². The Morgan fingerprint density at radius 3 is 2.68 bits per heavy atom. The lowest BCUT2D eigenvalue weighted by atomic mass is 10.1. The molecule has 1 atom stereocenters. The predicted molar refractivity (Wildman–Crippen MR) is 74.2 cm³/mol. The number of nitrogens with one attached hydrogen (secondary N) is 2. The summed E-state index contributed by atoms with van der Waals surface area (Å²) in [5, 5.41) is 2.61. The molecule has 6 nitrogen and oxygen atoms in total. The van der Waals surface area contributed by atoms with Gasteiger partial charge in [0.1, 0.15) is 0 Å². The van der Waals surface area contributed by atoms with Crippen LogP contribution in [0.25, 0.3) is 0 Å². The molecular weight excluding hydrogens is 266 g/mol. The molecule has 0 radical (unpaired) electrons. The first-order valence-electron chi connectivity index (χ1n) is 6.00. The van der Waals surface area contributed by atoms with Gasteiger partial charge in [0.05, 0.1) is 10.9 Å². The number of sulfonamides is 1. The first-order valence-corrected chi connectivity index (χ1v) is 7.49. The largest absolute Gasteiger partial charge is 0.325 e. The maximum Gasteiger partial charge on any atom is 0.241 e. The second-order valence-electron chi connectivity index (χ2n) is 4.12. The highest BCUT2D eigenvalue weighted by Crippen LogP contribution is 2.15. The summed E-state index contributed by atoms with van der Waals surface area (Å²) in [5.41, 5.74) is 6.09. The maximum atomic E-state index is 11.7. The number of benzene rings is 1. The monoisotopic (exact) mass is 285 g/mol. The Labute approximate surface area is 113 Å². The average molecular weight is 285 g/mol. The molecule has 0 aliphatic rings. The fourth-order valence-electron chi connectivity index (χ4n) is 1.54. The summed E-state index contributed by atoms with van der Waals surface area (Å²) in [6.45, 7) is 1.94. The van der Waals surface area contributed by atoms with E-state index in [0.717, 1.165) is 6.42 Å².